The van der Waals surface area contributed by atoms with Gasteiger partial charge in [-0.05, 0) is 18.6 Å². The fraction of sp³-hybridized carbons (Fsp3) is 0.385. The molecule has 0 radical (unpaired) electrons. The molecule has 0 unspecified atom stereocenters. The highest BCUT2D eigenvalue weighted by Crippen LogP contribution is 2.23. The fourth-order valence-electron chi connectivity index (χ4n) is 1.86. The zero-order valence-corrected chi connectivity index (χ0v) is 11.9. The van der Waals surface area contributed by atoms with Gasteiger partial charge in [0.15, 0.2) is 0 Å². The zero-order chi connectivity index (χ0) is 15.2. The van der Waals surface area contributed by atoms with Crippen molar-refractivity contribution < 1.29 is 9.66 Å². The Morgan fingerprint density at radius 2 is 2.29 bits per heavy atom. The third-order valence-corrected chi connectivity index (χ3v) is 2.90. The van der Waals surface area contributed by atoms with Gasteiger partial charge in [0.2, 0.25) is 0 Å². The first-order valence-electron chi connectivity index (χ1n) is 6.48. The van der Waals surface area contributed by atoms with Crippen molar-refractivity contribution in [2.24, 2.45) is 0 Å². The smallest absolute Gasteiger partial charge is 0.295 e. The van der Waals surface area contributed by atoms with Gasteiger partial charge in [0.1, 0.15) is 5.69 Å². The van der Waals surface area contributed by atoms with E-state index >= 15 is 0 Å². The monoisotopic (exact) mass is 291 g/mol. The number of aryl methyl sites for hydroxylation is 1. The van der Waals surface area contributed by atoms with E-state index in [4.69, 9.17) is 4.74 Å². The highest BCUT2D eigenvalue weighted by Gasteiger charge is 2.16. The second-order valence-corrected chi connectivity index (χ2v) is 4.57. The van der Waals surface area contributed by atoms with Crippen LogP contribution in [0.15, 0.2) is 24.4 Å². The molecule has 1 aromatic heterocycles. The van der Waals surface area contributed by atoms with Crippen LogP contribution in [0.25, 0.3) is 5.69 Å². The largest absolute Gasteiger partial charge is 0.383 e. The molecule has 2 rings (SSSR count). The van der Waals surface area contributed by atoms with Crippen molar-refractivity contribution in [1.82, 2.24) is 20.3 Å². The van der Waals surface area contributed by atoms with Crippen LogP contribution in [-0.4, -0.2) is 40.2 Å². The summed E-state index contributed by atoms with van der Waals surface area (Å²) in [5.74, 6) is 0. The van der Waals surface area contributed by atoms with Crippen LogP contribution in [0, 0.1) is 17.0 Å². The van der Waals surface area contributed by atoms with Gasteiger partial charge >= 0.3 is 0 Å². The zero-order valence-electron chi connectivity index (χ0n) is 11.9. The lowest BCUT2D eigenvalue weighted by Crippen LogP contribution is -2.18. The normalized spacial score (nSPS) is 10.8. The van der Waals surface area contributed by atoms with Crippen LogP contribution in [0.3, 0.4) is 0 Å². The quantitative estimate of drug-likeness (QED) is 0.468. The molecular formula is C13H17N5O3. The van der Waals surface area contributed by atoms with Crippen LogP contribution >= 0.6 is 0 Å². The first-order chi connectivity index (χ1) is 10.1. The van der Waals surface area contributed by atoms with E-state index in [1.54, 1.807) is 25.4 Å². The number of aromatic nitrogens is 3. The Balaban J connectivity index is 2.16. The molecule has 8 heteroatoms. The summed E-state index contributed by atoms with van der Waals surface area (Å²) in [5, 5.41) is 22.2. The number of ether oxygens (including phenoxy) is 1. The van der Waals surface area contributed by atoms with E-state index < -0.39 is 4.92 Å². The van der Waals surface area contributed by atoms with E-state index in [0.29, 0.717) is 31.1 Å². The Labute approximate surface area is 121 Å². The van der Waals surface area contributed by atoms with E-state index in [9.17, 15) is 10.1 Å². The minimum Gasteiger partial charge on any atom is -0.383 e. The van der Waals surface area contributed by atoms with Crippen LogP contribution in [0.2, 0.25) is 0 Å². The molecule has 0 aliphatic rings. The molecule has 0 spiro atoms. The predicted molar refractivity (Wildman–Crippen MR) is 76.3 cm³/mol. The van der Waals surface area contributed by atoms with Gasteiger partial charge in [-0.25, -0.2) is 4.68 Å². The van der Waals surface area contributed by atoms with Gasteiger partial charge in [-0.15, -0.1) is 5.10 Å². The lowest BCUT2D eigenvalue weighted by atomic mass is 10.2. The molecule has 0 aliphatic carbocycles. The second kappa shape index (κ2) is 6.91. The van der Waals surface area contributed by atoms with Gasteiger partial charge in [0.25, 0.3) is 5.69 Å². The SMILES string of the molecule is COCCNCc1cn(-c2ccc(C)cc2[N+](=O)[O-])nn1. The van der Waals surface area contributed by atoms with Crippen LogP contribution < -0.4 is 5.32 Å². The number of hydrogen-bond donors (Lipinski definition) is 1. The van der Waals surface area contributed by atoms with Gasteiger partial charge in [0, 0.05) is 26.3 Å². The molecule has 21 heavy (non-hydrogen) atoms. The summed E-state index contributed by atoms with van der Waals surface area (Å²) in [6.45, 7) is 3.65. The lowest BCUT2D eigenvalue weighted by Gasteiger charge is -2.03. The molecule has 1 heterocycles. The molecule has 8 nitrogen and oxygen atoms in total. The summed E-state index contributed by atoms with van der Waals surface area (Å²) < 4.78 is 6.35. The summed E-state index contributed by atoms with van der Waals surface area (Å²) in [7, 11) is 1.63. The van der Waals surface area contributed by atoms with Gasteiger partial charge in [-0.3, -0.25) is 10.1 Å². The van der Waals surface area contributed by atoms with Crippen molar-refractivity contribution in [2.45, 2.75) is 13.5 Å². The van der Waals surface area contributed by atoms with E-state index in [1.807, 2.05) is 6.92 Å². The van der Waals surface area contributed by atoms with Crippen LogP contribution in [0.4, 0.5) is 5.69 Å². The summed E-state index contributed by atoms with van der Waals surface area (Å²) >= 11 is 0. The molecule has 0 fully saturated rings. The Bertz CT molecular complexity index is 626. The number of nitrogens with zero attached hydrogens (tertiary/aromatic N) is 4. The molecular weight excluding hydrogens is 274 g/mol. The van der Waals surface area contributed by atoms with Gasteiger partial charge in [0.05, 0.1) is 23.4 Å². The Kier molecular flexibility index (Phi) is 4.96. The van der Waals surface area contributed by atoms with Crippen molar-refractivity contribution in [2.75, 3.05) is 20.3 Å². The Hall–Kier alpha value is -2.32. The average molecular weight is 291 g/mol. The number of nitro groups is 1. The lowest BCUT2D eigenvalue weighted by molar-refractivity contribution is -0.384. The van der Waals surface area contributed by atoms with E-state index in [0.717, 1.165) is 5.56 Å². The van der Waals surface area contributed by atoms with Crippen LogP contribution in [0.1, 0.15) is 11.3 Å². The molecule has 112 valence electrons. The minimum absolute atomic E-state index is 0.0128. The highest BCUT2D eigenvalue weighted by atomic mass is 16.6. The van der Waals surface area contributed by atoms with Gasteiger partial charge < -0.3 is 10.1 Å². The fourth-order valence-corrected chi connectivity index (χ4v) is 1.86. The third kappa shape index (κ3) is 3.83. The molecule has 0 saturated heterocycles. The number of nitro benzene ring substituents is 1. The first kappa shape index (κ1) is 15.1. The van der Waals surface area contributed by atoms with E-state index in [2.05, 4.69) is 15.6 Å². The number of rotatable bonds is 7. The number of hydrogen-bond acceptors (Lipinski definition) is 6. The molecule has 0 amide bonds. The number of nitrogens with one attached hydrogen (secondary N) is 1. The van der Waals surface area contributed by atoms with E-state index in [1.165, 1.54) is 10.7 Å². The van der Waals surface area contributed by atoms with Crippen molar-refractivity contribution in [3.05, 3.63) is 45.8 Å². The van der Waals surface area contributed by atoms with Crippen molar-refractivity contribution >= 4 is 5.69 Å². The molecule has 0 aliphatic heterocycles. The average Bonchev–Trinajstić information content (AvgIpc) is 2.92. The maximum absolute atomic E-state index is 11.1. The summed E-state index contributed by atoms with van der Waals surface area (Å²) in [6.07, 6.45) is 1.68. The molecule has 1 aromatic carbocycles. The molecule has 1 N–H and O–H groups in total. The Morgan fingerprint density at radius 3 is 3.00 bits per heavy atom. The van der Waals surface area contributed by atoms with Crippen LogP contribution in [-0.2, 0) is 11.3 Å². The van der Waals surface area contributed by atoms with Crippen LogP contribution in [0.5, 0.6) is 0 Å². The van der Waals surface area contributed by atoms with Crippen molar-refractivity contribution in [1.29, 1.82) is 0 Å². The van der Waals surface area contributed by atoms with Gasteiger partial charge in [-0.1, -0.05) is 11.3 Å². The second-order valence-electron chi connectivity index (χ2n) is 4.57. The maximum atomic E-state index is 11.1. The minimum atomic E-state index is -0.416. The summed E-state index contributed by atoms with van der Waals surface area (Å²) in [4.78, 5) is 10.7. The molecule has 2 aromatic rings. The summed E-state index contributed by atoms with van der Waals surface area (Å²) in [5.41, 5.74) is 1.95. The van der Waals surface area contributed by atoms with Crippen molar-refractivity contribution in [3.63, 3.8) is 0 Å². The highest BCUT2D eigenvalue weighted by molar-refractivity contribution is 5.53. The van der Waals surface area contributed by atoms with Crippen molar-refractivity contribution in [3.8, 4) is 5.69 Å². The first-order valence-corrected chi connectivity index (χ1v) is 6.48. The number of benzene rings is 1. The van der Waals surface area contributed by atoms with Gasteiger partial charge in [-0.2, -0.15) is 0 Å². The number of methoxy groups -OCH3 is 1. The third-order valence-electron chi connectivity index (χ3n) is 2.90. The molecule has 0 bridgehead atoms. The topological polar surface area (TPSA) is 95.1 Å². The predicted octanol–water partition coefficient (Wildman–Crippen LogP) is 1.22. The van der Waals surface area contributed by atoms with E-state index in [-0.39, 0.29) is 5.69 Å². The summed E-state index contributed by atoms with van der Waals surface area (Å²) in [6, 6.07) is 5.00. The molecule has 0 saturated carbocycles. The molecule has 0 atom stereocenters. The maximum Gasteiger partial charge on any atom is 0.295 e. The Morgan fingerprint density at radius 1 is 1.48 bits per heavy atom. The standard InChI is InChI=1S/C13H17N5O3/c1-10-3-4-12(13(7-10)18(19)20)17-9-11(15-16-17)8-14-5-6-21-2/h3-4,7,9,14H,5-6,8H2,1-2H3.